The number of ether oxygens (including phenoxy) is 1. The lowest BCUT2D eigenvalue weighted by molar-refractivity contribution is -0.162. The number of carbonyl (C=O) groups excluding carboxylic acids is 5. The third-order valence-electron chi connectivity index (χ3n) is 6.59. The van der Waals surface area contributed by atoms with Crippen molar-refractivity contribution in [1.82, 2.24) is 20.0 Å². The fourth-order valence-electron chi connectivity index (χ4n) is 4.45. The normalized spacial score (nSPS) is 30.7. The van der Waals surface area contributed by atoms with Crippen LogP contribution in [0.1, 0.15) is 47.5 Å². The zero-order valence-electron chi connectivity index (χ0n) is 21.2. The SMILES string of the molecule is CC(C)C1NC(=O)C(N)C(C)OC(=O)C(C(C)C)N(C)C(=O)CN(C)C(=O)C2CCCN2C1=O. The van der Waals surface area contributed by atoms with Crippen molar-refractivity contribution >= 4 is 29.6 Å². The Hall–Kier alpha value is -2.69. The molecule has 0 aromatic carbocycles. The summed E-state index contributed by atoms with van der Waals surface area (Å²) in [5, 5.41) is 2.70. The van der Waals surface area contributed by atoms with Crippen LogP contribution >= 0.6 is 0 Å². The molecule has 2 aliphatic heterocycles. The molecule has 11 heteroatoms. The van der Waals surface area contributed by atoms with Crippen LogP contribution in [0.3, 0.4) is 0 Å². The van der Waals surface area contributed by atoms with E-state index in [2.05, 4.69) is 5.32 Å². The van der Waals surface area contributed by atoms with Crippen LogP contribution in [-0.2, 0) is 28.7 Å². The number of esters is 1. The summed E-state index contributed by atoms with van der Waals surface area (Å²) in [6.45, 7) is 8.76. The van der Waals surface area contributed by atoms with Gasteiger partial charge in [0.05, 0.1) is 6.54 Å². The minimum atomic E-state index is -1.22. The summed E-state index contributed by atoms with van der Waals surface area (Å²) >= 11 is 0. The fourth-order valence-corrected chi connectivity index (χ4v) is 4.45. The second kappa shape index (κ2) is 11.2. The van der Waals surface area contributed by atoms with E-state index in [9.17, 15) is 24.0 Å². The lowest BCUT2D eigenvalue weighted by atomic mass is 10.0. The monoisotopic (exact) mass is 481 g/mol. The van der Waals surface area contributed by atoms with Gasteiger partial charge in [-0.1, -0.05) is 27.7 Å². The zero-order valence-corrected chi connectivity index (χ0v) is 21.2. The number of rotatable bonds is 2. The maximum absolute atomic E-state index is 13.4. The summed E-state index contributed by atoms with van der Waals surface area (Å²) < 4.78 is 5.47. The first kappa shape index (κ1) is 27.6. The number of fused-ring (bicyclic) bond motifs is 1. The Kier molecular flexibility index (Phi) is 9.04. The number of nitrogens with one attached hydrogen (secondary N) is 1. The van der Waals surface area contributed by atoms with Crippen LogP contribution in [0.4, 0.5) is 0 Å². The number of cyclic esters (lactones) is 1. The molecule has 11 nitrogen and oxygen atoms in total. The summed E-state index contributed by atoms with van der Waals surface area (Å²) in [4.78, 5) is 69.4. The average molecular weight is 482 g/mol. The van der Waals surface area contributed by atoms with Crippen molar-refractivity contribution in [1.29, 1.82) is 0 Å². The van der Waals surface area contributed by atoms with Crippen LogP contribution < -0.4 is 11.1 Å². The molecule has 3 N–H and O–H groups in total. The molecule has 0 bridgehead atoms. The summed E-state index contributed by atoms with van der Waals surface area (Å²) in [6, 6.07) is -3.76. The van der Waals surface area contributed by atoms with E-state index >= 15 is 0 Å². The molecule has 5 unspecified atom stereocenters. The summed E-state index contributed by atoms with van der Waals surface area (Å²) in [5.74, 6) is -3.06. The quantitative estimate of drug-likeness (QED) is 0.498. The van der Waals surface area contributed by atoms with Crippen LogP contribution in [-0.4, -0.2) is 102 Å². The Morgan fingerprint density at radius 3 is 2.18 bits per heavy atom. The van der Waals surface area contributed by atoms with Crippen molar-refractivity contribution in [2.24, 2.45) is 17.6 Å². The molecule has 0 aromatic rings. The van der Waals surface area contributed by atoms with E-state index in [-0.39, 0.29) is 30.2 Å². The molecule has 5 atom stereocenters. The molecular weight excluding hydrogens is 442 g/mol. The summed E-state index contributed by atoms with van der Waals surface area (Å²) in [5.41, 5.74) is 6.07. The third kappa shape index (κ3) is 5.86. The van der Waals surface area contributed by atoms with E-state index in [4.69, 9.17) is 10.5 Å². The molecule has 0 aliphatic carbocycles. The molecule has 4 amide bonds. The zero-order chi connectivity index (χ0) is 25.9. The summed E-state index contributed by atoms with van der Waals surface area (Å²) in [6.07, 6.45) is 0.114. The first-order valence-corrected chi connectivity index (χ1v) is 11.8. The van der Waals surface area contributed by atoms with Gasteiger partial charge < -0.3 is 30.5 Å². The maximum atomic E-state index is 13.4. The predicted molar refractivity (Wildman–Crippen MR) is 124 cm³/mol. The second-order valence-corrected chi connectivity index (χ2v) is 9.98. The van der Waals surface area contributed by atoms with Gasteiger partial charge in [0.25, 0.3) is 0 Å². The first-order valence-electron chi connectivity index (χ1n) is 11.8. The number of nitrogens with zero attached hydrogens (tertiary/aromatic N) is 3. The minimum Gasteiger partial charge on any atom is -0.459 e. The molecule has 2 fully saturated rings. The standard InChI is InChI=1S/C23H39N5O6/c1-12(2)18-22(32)28-10-8-9-15(28)21(31)26(6)11-16(29)27(7)19(13(3)4)23(33)34-14(5)17(24)20(30)25-18/h12-15,17-19H,8-11,24H2,1-7H3,(H,25,30). The van der Waals surface area contributed by atoms with Crippen molar-refractivity contribution in [2.45, 2.75) is 77.7 Å². The Morgan fingerprint density at radius 2 is 1.62 bits per heavy atom. The summed E-state index contributed by atoms with van der Waals surface area (Å²) in [7, 11) is 2.98. The number of hydrogen-bond donors (Lipinski definition) is 2. The smallest absolute Gasteiger partial charge is 0.329 e. The molecule has 2 rings (SSSR count). The lowest BCUT2D eigenvalue weighted by Crippen LogP contribution is -2.60. The molecule has 2 aliphatic rings. The first-order chi connectivity index (χ1) is 15.8. The number of amides is 4. The van der Waals surface area contributed by atoms with E-state index in [1.165, 1.54) is 35.7 Å². The fraction of sp³-hybridized carbons (Fsp3) is 0.783. The van der Waals surface area contributed by atoms with Gasteiger partial charge in [0.1, 0.15) is 30.3 Å². The molecule has 2 heterocycles. The second-order valence-electron chi connectivity index (χ2n) is 9.98. The number of nitrogens with two attached hydrogens (primary N) is 1. The van der Waals surface area contributed by atoms with Gasteiger partial charge in [-0.15, -0.1) is 0 Å². The van der Waals surface area contributed by atoms with Crippen LogP contribution in [0.15, 0.2) is 0 Å². The Balaban J connectivity index is 2.46. The van der Waals surface area contributed by atoms with E-state index < -0.39 is 48.1 Å². The Bertz CT molecular complexity index is 816. The molecule has 34 heavy (non-hydrogen) atoms. The van der Waals surface area contributed by atoms with E-state index in [0.717, 1.165) is 0 Å². The van der Waals surface area contributed by atoms with Gasteiger partial charge in [-0.3, -0.25) is 19.2 Å². The highest BCUT2D eigenvalue weighted by Gasteiger charge is 2.42. The van der Waals surface area contributed by atoms with Crippen molar-refractivity contribution in [2.75, 3.05) is 27.2 Å². The largest absolute Gasteiger partial charge is 0.459 e. The van der Waals surface area contributed by atoms with Gasteiger partial charge >= 0.3 is 5.97 Å². The van der Waals surface area contributed by atoms with Gasteiger partial charge in [0.2, 0.25) is 23.6 Å². The van der Waals surface area contributed by atoms with Gasteiger partial charge in [-0.25, -0.2) is 4.79 Å². The minimum absolute atomic E-state index is 0.246. The van der Waals surface area contributed by atoms with Crippen molar-refractivity contribution < 1.29 is 28.7 Å². The molecule has 0 radical (unpaired) electrons. The lowest BCUT2D eigenvalue weighted by Gasteiger charge is -2.35. The predicted octanol–water partition coefficient (Wildman–Crippen LogP) is -0.668. The Labute approximate surface area is 201 Å². The highest BCUT2D eigenvalue weighted by molar-refractivity contribution is 5.95. The molecule has 0 saturated carbocycles. The number of likely N-dealkylation sites (N-methyl/N-ethyl adjacent to an activating group) is 2. The van der Waals surface area contributed by atoms with E-state index in [0.29, 0.717) is 19.4 Å². The van der Waals surface area contributed by atoms with Crippen LogP contribution in [0.2, 0.25) is 0 Å². The van der Waals surface area contributed by atoms with Crippen molar-refractivity contribution in [3.63, 3.8) is 0 Å². The van der Waals surface area contributed by atoms with Crippen LogP contribution in [0.25, 0.3) is 0 Å². The number of hydrogen-bond acceptors (Lipinski definition) is 7. The third-order valence-corrected chi connectivity index (χ3v) is 6.59. The van der Waals surface area contributed by atoms with E-state index in [1.807, 2.05) is 0 Å². The van der Waals surface area contributed by atoms with Crippen molar-refractivity contribution in [3.05, 3.63) is 0 Å². The molecule has 0 spiro atoms. The average Bonchev–Trinajstić information content (AvgIpc) is 3.24. The number of carbonyl (C=O) groups is 5. The van der Waals surface area contributed by atoms with Crippen molar-refractivity contribution in [3.8, 4) is 0 Å². The van der Waals surface area contributed by atoms with Gasteiger partial charge in [-0.2, -0.15) is 0 Å². The maximum Gasteiger partial charge on any atom is 0.329 e. The van der Waals surface area contributed by atoms with Gasteiger partial charge in [0.15, 0.2) is 0 Å². The molecule has 2 saturated heterocycles. The topological polar surface area (TPSA) is 142 Å². The highest BCUT2D eigenvalue weighted by Crippen LogP contribution is 2.22. The Morgan fingerprint density at radius 1 is 1.00 bits per heavy atom. The molecule has 0 aromatic heterocycles. The van der Waals surface area contributed by atoms with Gasteiger partial charge in [0, 0.05) is 20.6 Å². The van der Waals surface area contributed by atoms with Crippen LogP contribution in [0.5, 0.6) is 0 Å². The van der Waals surface area contributed by atoms with Crippen LogP contribution in [0, 0.1) is 11.8 Å². The molecule has 192 valence electrons. The molecular formula is C23H39N5O6. The van der Waals surface area contributed by atoms with E-state index in [1.54, 1.807) is 27.7 Å². The highest BCUT2D eigenvalue weighted by atomic mass is 16.5. The van der Waals surface area contributed by atoms with Gasteiger partial charge in [-0.05, 0) is 31.6 Å².